The zero-order valence-electron chi connectivity index (χ0n) is 14.0. The van der Waals surface area contributed by atoms with Crippen LogP contribution in [0.4, 0.5) is 4.39 Å². The van der Waals surface area contributed by atoms with Crippen LogP contribution in [0.2, 0.25) is 0 Å². The van der Waals surface area contributed by atoms with Gasteiger partial charge in [0.15, 0.2) is 0 Å². The number of aliphatic hydroxyl groups excluding tert-OH is 1. The van der Waals surface area contributed by atoms with E-state index in [-0.39, 0.29) is 5.82 Å². The molecule has 0 aromatic heterocycles. The number of sulfonamides is 1. The molecule has 7 heteroatoms. The monoisotopic (exact) mass is 346 g/mol. The lowest BCUT2D eigenvalue weighted by Crippen LogP contribution is -2.35. The third-order valence-corrected chi connectivity index (χ3v) is 4.05. The number of hydrogen-bond acceptors (Lipinski definition) is 4. The number of rotatable bonds is 10. The summed E-state index contributed by atoms with van der Waals surface area (Å²) in [5.41, 5.74) is 0.675. The van der Waals surface area contributed by atoms with Crippen LogP contribution in [-0.4, -0.2) is 50.9 Å². The quantitative estimate of drug-likeness (QED) is 0.634. The Kier molecular flexibility index (Phi) is 8.11. The average Bonchev–Trinajstić information content (AvgIpc) is 2.42. The maximum Gasteiger partial charge on any atom is 0.208 e. The van der Waals surface area contributed by atoms with Crippen molar-refractivity contribution in [3.63, 3.8) is 0 Å². The molecule has 0 amide bonds. The third kappa shape index (κ3) is 9.00. The molecule has 0 aliphatic carbocycles. The minimum Gasteiger partial charge on any atom is -0.387 e. The van der Waals surface area contributed by atoms with E-state index >= 15 is 0 Å². The van der Waals surface area contributed by atoms with E-state index in [2.05, 4.69) is 23.5 Å². The van der Waals surface area contributed by atoms with Crippen molar-refractivity contribution in [3.05, 3.63) is 35.6 Å². The van der Waals surface area contributed by atoms with E-state index in [0.29, 0.717) is 37.5 Å². The first-order chi connectivity index (χ1) is 10.7. The second-order valence-corrected chi connectivity index (χ2v) is 8.07. The molecular weight excluding hydrogens is 319 g/mol. The van der Waals surface area contributed by atoms with Crippen molar-refractivity contribution < 1.29 is 17.9 Å². The van der Waals surface area contributed by atoms with E-state index < -0.39 is 16.1 Å². The molecule has 1 atom stereocenters. The van der Waals surface area contributed by atoms with Crippen molar-refractivity contribution in [1.29, 1.82) is 0 Å². The molecule has 0 aliphatic heterocycles. The number of halogens is 1. The lowest BCUT2D eigenvalue weighted by molar-refractivity contribution is 0.105. The maximum absolute atomic E-state index is 12.9. The highest BCUT2D eigenvalue weighted by molar-refractivity contribution is 7.88. The van der Waals surface area contributed by atoms with Gasteiger partial charge in [0.1, 0.15) is 5.82 Å². The van der Waals surface area contributed by atoms with Crippen molar-refractivity contribution in [3.8, 4) is 0 Å². The molecule has 0 heterocycles. The molecule has 0 radical (unpaired) electrons. The Morgan fingerprint density at radius 1 is 1.22 bits per heavy atom. The molecule has 0 saturated heterocycles. The largest absolute Gasteiger partial charge is 0.387 e. The lowest BCUT2D eigenvalue weighted by atomic mass is 10.1. The fourth-order valence-corrected chi connectivity index (χ4v) is 2.88. The predicted molar refractivity (Wildman–Crippen MR) is 90.1 cm³/mol. The molecule has 5 nitrogen and oxygen atoms in total. The molecule has 0 aliphatic rings. The summed E-state index contributed by atoms with van der Waals surface area (Å²) >= 11 is 0. The van der Waals surface area contributed by atoms with Gasteiger partial charge in [-0.25, -0.2) is 17.5 Å². The topological polar surface area (TPSA) is 69.6 Å². The highest BCUT2D eigenvalue weighted by Gasteiger charge is 2.15. The fraction of sp³-hybridized carbons (Fsp3) is 0.625. The van der Waals surface area contributed by atoms with Crippen molar-refractivity contribution >= 4 is 10.0 Å². The Morgan fingerprint density at radius 2 is 1.83 bits per heavy atom. The van der Waals surface area contributed by atoms with Gasteiger partial charge in [-0.2, -0.15) is 0 Å². The van der Waals surface area contributed by atoms with Crippen LogP contribution in [0.25, 0.3) is 0 Å². The molecule has 132 valence electrons. The standard InChI is InChI=1S/C16H27FN2O3S/c1-13(2)11-19(10-4-9-18-23(3,21)22)12-16(20)14-5-7-15(17)8-6-14/h5-8,13,16,18,20H,4,9-12H2,1-3H3/t16-/m0/s1. The second kappa shape index (κ2) is 9.32. The van der Waals surface area contributed by atoms with E-state index in [4.69, 9.17) is 0 Å². The van der Waals surface area contributed by atoms with Gasteiger partial charge in [-0.05, 0) is 36.6 Å². The molecule has 0 spiro atoms. The highest BCUT2D eigenvalue weighted by Crippen LogP contribution is 2.16. The Balaban J connectivity index is 2.54. The van der Waals surface area contributed by atoms with Crippen LogP contribution in [0.5, 0.6) is 0 Å². The number of aliphatic hydroxyl groups is 1. The normalized spacial score (nSPS) is 13.7. The smallest absolute Gasteiger partial charge is 0.208 e. The van der Waals surface area contributed by atoms with Gasteiger partial charge in [0.2, 0.25) is 10.0 Å². The Labute approximate surface area is 138 Å². The minimum atomic E-state index is -3.17. The van der Waals surface area contributed by atoms with Crippen LogP contribution in [0.1, 0.15) is 31.9 Å². The lowest BCUT2D eigenvalue weighted by Gasteiger charge is -2.27. The van der Waals surface area contributed by atoms with Gasteiger partial charge in [-0.15, -0.1) is 0 Å². The van der Waals surface area contributed by atoms with Gasteiger partial charge in [0.05, 0.1) is 12.4 Å². The predicted octanol–water partition coefficient (Wildman–Crippen LogP) is 1.76. The van der Waals surface area contributed by atoms with Gasteiger partial charge in [-0.1, -0.05) is 26.0 Å². The first kappa shape index (κ1) is 20.0. The highest BCUT2D eigenvalue weighted by atomic mass is 32.2. The SMILES string of the molecule is CC(C)CN(CCCNS(C)(=O)=O)C[C@H](O)c1ccc(F)cc1. The fourth-order valence-electron chi connectivity index (χ4n) is 2.37. The first-order valence-electron chi connectivity index (χ1n) is 7.78. The molecule has 1 aromatic carbocycles. The maximum atomic E-state index is 12.9. The molecule has 0 unspecified atom stereocenters. The van der Waals surface area contributed by atoms with Crippen LogP contribution in [0.15, 0.2) is 24.3 Å². The summed E-state index contributed by atoms with van der Waals surface area (Å²) in [4.78, 5) is 2.10. The molecule has 1 rings (SSSR count). The van der Waals surface area contributed by atoms with E-state index in [1.807, 2.05) is 0 Å². The Morgan fingerprint density at radius 3 is 2.35 bits per heavy atom. The summed E-state index contributed by atoms with van der Waals surface area (Å²) in [5.74, 6) is 0.102. The van der Waals surface area contributed by atoms with Crippen LogP contribution >= 0.6 is 0 Å². The van der Waals surface area contributed by atoms with Crippen LogP contribution in [0.3, 0.4) is 0 Å². The molecule has 0 bridgehead atoms. The molecule has 0 saturated carbocycles. The number of nitrogens with zero attached hydrogens (tertiary/aromatic N) is 1. The number of benzene rings is 1. The zero-order chi connectivity index (χ0) is 17.5. The van der Waals surface area contributed by atoms with Gasteiger partial charge >= 0.3 is 0 Å². The summed E-state index contributed by atoms with van der Waals surface area (Å²) in [6.45, 7) is 6.47. The van der Waals surface area contributed by atoms with Gasteiger partial charge in [0.25, 0.3) is 0 Å². The molecule has 1 aromatic rings. The van der Waals surface area contributed by atoms with E-state index in [1.54, 1.807) is 12.1 Å². The van der Waals surface area contributed by atoms with Crippen LogP contribution in [0, 0.1) is 11.7 Å². The number of hydrogen-bond donors (Lipinski definition) is 2. The van der Waals surface area contributed by atoms with Crippen molar-refractivity contribution in [1.82, 2.24) is 9.62 Å². The summed E-state index contributed by atoms with van der Waals surface area (Å²) in [6.07, 6.45) is 1.10. The second-order valence-electron chi connectivity index (χ2n) is 6.24. The summed E-state index contributed by atoms with van der Waals surface area (Å²) in [6, 6.07) is 5.83. The average molecular weight is 346 g/mol. The Bertz CT molecular complexity index is 561. The zero-order valence-corrected chi connectivity index (χ0v) is 14.8. The van der Waals surface area contributed by atoms with Crippen molar-refractivity contribution in [2.24, 2.45) is 5.92 Å². The van der Waals surface area contributed by atoms with E-state index in [0.717, 1.165) is 12.8 Å². The molecule has 23 heavy (non-hydrogen) atoms. The molecule has 2 N–H and O–H groups in total. The Hall–Kier alpha value is -1.02. The van der Waals surface area contributed by atoms with Crippen molar-refractivity contribution in [2.75, 3.05) is 32.4 Å². The number of nitrogens with one attached hydrogen (secondary N) is 1. The molecular formula is C16H27FN2O3S. The van der Waals surface area contributed by atoms with E-state index in [1.165, 1.54) is 12.1 Å². The summed E-state index contributed by atoms with van der Waals surface area (Å²) in [7, 11) is -3.17. The van der Waals surface area contributed by atoms with Crippen LogP contribution in [-0.2, 0) is 10.0 Å². The van der Waals surface area contributed by atoms with E-state index in [9.17, 15) is 17.9 Å². The summed E-state index contributed by atoms with van der Waals surface area (Å²) in [5, 5.41) is 10.3. The van der Waals surface area contributed by atoms with Gasteiger partial charge in [-0.3, -0.25) is 0 Å². The first-order valence-corrected chi connectivity index (χ1v) is 9.67. The van der Waals surface area contributed by atoms with Crippen LogP contribution < -0.4 is 4.72 Å². The summed E-state index contributed by atoms with van der Waals surface area (Å²) < 4.78 is 37.5. The molecule has 0 fully saturated rings. The van der Waals surface area contributed by atoms with Crippen molar-refractivity contribution in [2.45, 2.75) is 26.4 Å². The third-order valence-electron chi connectivity index (χ3n) is 3.32. The van der Waals surface area contributed by atoms with Gasteiger partial charge < -0.3 is 10.0 Å². The van der Waals surface area contributed by atoms with Gasteiger partial charge in [0, 0.05) is 19.6 Å². The minimum absolute atomic E-state index is 0.327.